The number of hydrogen-bond acceptors (Lipinski definition) is 7. The van der Waals surface area contributed by atoms with Crippen molar-refractivity contribution in [2.75, 3.05) is 27.2 Å². The van der Waals surface area contributed by atoms with Gasteiger partial charge in [-0.15, -0.1) is 10.2 Å². The van der Waals surface area contributed by atoms with Gasteiger partial charge in [0.05, 0.1) is 12.1 Å². The summed E-state index contributed by atoms with van der Waals surface area (Å²) in [5.41, 5.74) is -0.319. The van der Waals surface area contributed by atoms with E-state index in [9.17, 15) is 14.7 Å². The van der Waals surface area contributed by atoms with Gasteiger partial charge in [-0.25, -0.2) is 0 Å². The van der Waals surface area contributed by atoms with E-state index < -0.39 is 17.5 Å². The van der Waals surface area contributed by atoms with Crippen LogP contribution >= 0.6 is 11.6 Å². The number of carbonyl (C=O) groups excluding carboxylic acids is 2. The lowest BCUT2D eigenvalue weighted by Crippen LogP contribution is -2.57. The lowest BCUT2D eigenvalue weighted by Gasteiger charge is -2.31. The molecule has 1 aromatic heterocycles. The summed E-state index contributed by atoms with van der Waals surface area (Å²) >= 11 is 6.04. The predicted molar refractivity (Wildman–Crippen MR) is 102 cm³/mol. The van der Waals surface area contributed by atoms with Crippen LogP contribution in [0.1, 0.15) is 18.5 Å². The van der Waals surface area contributed by atoms with Crippen molar-refractivity contribution in [2.24, 2.45) is 0 Å². The molecule has 10 nitrogen and oxygen atoms in total. The summed E-state index contributed by atoms with van der Waals surface area (Å²) in [5.74, 6) is -0.693. The van der Waals surface area contributed by atoms with Gasteiger partial charge in [-0.05, 0) is 43.9 Å². The van der Waals surface area contributed by atoms with Crippen LogP contribution in [0.5, 0.6) is 0 Å². The highest BCUT2D eigenvalue weighted by molar-refractivity contribution is 6.30. The van der Waals surface area contributed by atoms with Crippen LogP contribution in [0, 0.1) is 0 Å². The first-order chi connectivity index (χ1) is 13.2. The number of carbonyl (C=O) groups is 2. The number of halogens is 1. The van der Waals surface area contributed by atoms with Crippen LogP contribution in [0.3, 0.4) is 0 Å². The third-order valence-corrected chi connectivity index (χ3v) is 4.28. The zero-order valence-electron chi connectivity index (χ0n) is 16.0. The van der Waals surface area contributed by atoms with Crippen LogP contribution in [0.4, 0.5) is 0 Å². The first kappa shape index (κ1) is 21.7. The fourth-order valence-corrected chi connectivity index (χ4v) is 2.84. The Labute approximate surface area is 167 Å². The number of likely N-dealkylation sites (N-methyl/N-ethyl adjacent to an activating group) is 1. The van der Waals surface area contributed by atoms with Crippen LogP contribution in [0.2, 0.25) is 5.02 Å². The molecule has 0 radical (unpaired) electrons. The smallest absolute Gasteiger partial charge is 0.244 e. The van der Waals surface area contributed by atoms with Crippen molar-refractivity contribution in [3.05, 3.63) is 41.2 Å². The molecular weight excluding hydrogens is 386 g/mol. The average molecular weight is 410 g/mol. The van der Waals surface area contributed by atoms with Crippen molar-refractivity contribution in [3.63, 3.8) is 0 Å². The fourth-order valence-electron chi connectivity index (χ4n) is 2.64. The predicted octanol–water partition coefficient (Wildman–Crippen LogP) is -0.387. The van der Waals surface area contributed by atoms with Crippen molar-refractivity contribution >= 4 is 23.4 Å². The third kappa shape index (κ3) is 5.98. The van der Waals surface area contributed by atoms with E-state index in [1.807, 2.05) is 6.07 Å². The number of rotatable bonds is 9. The first-order valence-corrected chi connectivity index (χ1v) is 8.94. The van der Waals surface area contributed by atoms with E-state index in [1.54, 1.807) is 44.1 Å². The molecule has 0 spiro atoms. The number of aliphatic hydroxyl groups excluding tert-OH is 1. The van der Waals surface area contributed by atoms with Gasteiger partial charge in [-0.3, -0.25) is 14.5 Å². The van der Waals surface area contributed by atoms with E-state index in [0.29, 0.717) is 5.02 Å². The van der Waals surface area contributed by atoms with Crippen LogP contribution in [-0.4, -0.2) is 74.8 Å². The largest absolute Gasteiger partial charge is 0.394 e. The number of amides is 2. The molecule has 2 aromatic rings. The van der Waals surface area contributed by atoms with E-state index in [4.69, 9.17) is 11.6 Å². The summed E-state index contributed by atoms with van der Waals surface area (Å²) in [6.45, 7) is 1.15. The maximum Gasteiger partial charge on any atom is 0.244 e. The van der Waals surface area contributed by atoms with Crippen LogP contribution in [0.25, 0.3) is 0 Å². The van der Waals surface area contributed by atoms with E-state index in [0.717, 1.165) is 10.4 Å². The summed E-state index contributed by atoms with van der Waals surface area (Å²) in [5, 5.41) is 26.6. The van der Waals surface area contributed by atoms with Gasteiger partial charge in [0, 0.05) is 11.6 Å². The van der Waals surface area contributed by atoms with E-state index in [1.165, 1.54) is 6.33 Å². The van der Waals surface area contributed by atoms with Crippen molar-refractivity contribution in [2.45, 2.75) is 25.0 Å². The molecule has 0 saturated carbocycles. The number of nitrogens with zero attached hydrogens (tertiary/aromatic N) is 5. The lowest BCUT2D eigenvalue weighted by molar-refractivity contribution is -0.128. The summed E-state index contributed by atoms with van der Waals surface area (Å²) in [7, 11) is 3.56. The molecule has 0 aliphatic heterocycles. The molecule has 0 saturated heterocycles. The Morgan fingerprint density at radius 3 is 2.71 bits per heavy atom. The minimum absolute atomic E-state index is 0.0315. The number of benzene rings is 1. The second kappa shape index (κ2) is 9.58. The topological polar surface area (TPSA) is 125 Å². The van der Waals surface area contributed by atoms with Gasteiger partial charge >= 0.3 is 0 Å². The van der Waals surface area contributed by atoms with Gasteiger partial charge in [0.2, 0.25) is 11.8 Å². The zero-order valence-corrected chi connectivity index (χ0v) is 16.7. The number of hydrogen-bond donors (Lipinski definition) is 3. The first-order valence-electron chi connectivity index (χ1n) is 8.56. The highest BCUT2D eigenvalue weighted by atomic mass is 35.5. The Bertz CT molecular complexity index is 800. The van der Waals surface area contributed by atoms with Crippen LogP contribution < -0.4 is 10.6 Å². The number of tetrazole rings is 1. The fraction of sp³-hybridized carbons (Fsp3) is 0.471. The van der Waals surface area contributed by atoms with Gasteiger partial charge < -0.3 is 15.7 Å². The Hall–Kier alpha value is -2.56. The average Bonchev–Trinajstić information content (AvgIpc) is 3.12. The number of aromatic nitrogens is 4. The zero-order chi connectivity index (χ0) is 20.7. The van der Waals surface area contributed by atoms with Crippen LogP contribution in [-0.2, 0) is 16.1 Å². The molecule has 2 atom stereocenters. The minimum atomic E-state index is -1.06. The van der Waals surface area contributed by atoms with Gasteiger partial charge in [-0.2, -0.15) is 4.80 Å². The molecule has 28 heavy (non-hydrogen) atoms. The molecule has 1 heterocycles. The third-order valence-electron chi connectivity index (χ3n) is 4.05. The van der Waals surface area contributed by atoms with Crippen molar-refractivity contribution in [1.82, 2.24) is 35.7 Å². The molecule has 152 valence electrons. The van der Waals surface area contributed by atoms with Crippen molar-refractivity contribution < 1.29 is 14.7 Å². The molecule has 0 aliphatic carbocycles. The SMILES string of the molecule is CN(C)C(C(=O)NCC(C)(CO)NC(=O)Cn1ncnn1)c1cccc(Cl)c1. The molecule has 0 aliphatic rings. The quantitative estimate of drug-likeness (QED) is 0.515. The summed E-state index contributed by atoms with van der Waals surface area (Å²) in [6, 6.07) is 6.48. The standard InChI is InChI=1S/C17H24ClN7O3/c1-17(10-26,22-14(27)8-25-21-11-20-23-25)9-19-16(28)15(24(2)3)12-5-4-6-13(18)7-12/h4-7,11,15,26H,8-10H2,1-3H3,(H,19,28)(H,22,27). The maximum atomic E-state index is 12.8. The van der Waals surface area contributed by atoms with Crippen molar-refractivity contribution in [1.29, 1.82) is 0 Å². The van der Waals surface area contributed by atoms with Crippen molar-refractivity contribution in [3.8, 4) is 0 Å². The van der Waals surface area contributed by atoms with Gasteiger partial charge in [0.25, 0.3) is 0 Å². The molecular formula is C17H24ClN7O3. The molecule has 0 fully saturated rings. The van der Waals surface area contributed by atoms with Gasteiger partial charge in [-0.1, -0.05) is 23.7 Å². The number of aliphatic hydroxyl groups is 1. The maximum absolute atomic E-state index is 12.8. The van der Waals surface area contributed by atoms with Gasteiger partial charge in [0.1, 0.15) is 12.6 Å². The van der Waals surface area contributed by atoms with E-state index >= 15 is 0 Å². The lowest BCUT2D eigenvalue weighted by atomic mass is 10.0. The normalized spacial score (nSPS) is 14.4. The monoisotopic (exact) mass is 409 g/mol. The molecule has 2 unspecified atom stereocenters. The van der Waals surface area contributed by atoms with E-state index in [2.05, 4.69) is 26.0 Å². The minimum Gasteiger partial charge on any atom is -0.394 e. The Kier molecular flexibility index (Phi) is 7.44. The number of nitrogens with one attached hydrogen (secondary N) is 2. The molecule has 2 amide bonds. The molecule has 3 N–H and O–H groups in total. The summed E-state index contributed by atoms with van der Waals surface area (Å²) < 4.78 is 0. The molecule has 1 aromatic carbocycles. The molecule has 11 heteroatoms. The Morgan fingerprint density at radius 1 is 1.39 bits per heavy atom. The highest BCUT2D eigenvalue weighted by Gasteiger charge is 2.29. The van der Waals surface area contributed by atoms with Gasteiger partial charge in [0.15, 0.2) is 6.33 Å². The molecule has 2 rings (SSSR count). The second-order valence-electron chi connectivity index (χ2n) is 6.87. The van der Waals surface area contributed by atoms with E-state index in [-0.39, 0.29) is 25.6 Å². The highest BCUT2D eigenvalue weighted by Crippen LogP contribution is 2.22. The van der Waals surface area contributed by atoms with Crippen LogP contribution in [0.15, 0.2) is 30.6 Å². The molecule has 0 bridgehead atoms. The summed E-state index contributed by atoms with van der Waals surface area (Å²) in [6.07, 6.45) is 1.22. The Morgan fingerprint density at radius 2 is 2.14 bits per heavy atom. The Balaban J connectivity index is 2.01. The summed E-state index contributed by atoms with van der Waals surface area (Å²) in [4.78, 5) is 27.8. The second-order valence-corrected chi connectivity index (χ2v) is 7.31.